The maximum absolute atomic E-state index is 12.6. The van der Waals surface area contributed by atoms with E-state index in [-0.39, 0.29) is 11.1 Å². The predicted octanol–water partition coefficient (Wildman–Crippen LogP) is 7.03. The largest absolute Gasteiger partial charge is 0.490 e. The maximum atomic E-state index is 12.6. The number of carbonyl (C=O) groups excluding carboxylic acids is 2. The normalized spacial score (nSPS) is 15.0. The van der Waals surface area contributed by atoms with Gasteiger partial charge in [-0.15, -0.1) is 0 Å². The third-order valence-electron chi connectivity index (χ3n) is 5.20. The van der Waals surface area contributed by atoms with Crippen molar-refractivity contribution in [2.75, 3.05) is 13.2 Å². The number of thioether (sulfide) groups is 1. The van der Waals surface area contributed by atoms with Crippen LogP contribution in [0.1, 0.15) is 31.4 Å². The molecular formula is C26H24BrNO4S. The summed E-state index contributed by atoms with van der Waals surface area (Å²) in [5, 5.41) is 2.08. The second-order valence-corrected chi connectivity index (χ2v) is 9.37. The molecule has 1 heterocycles. The molecule has 33 heavy (non-hydrogen) atoms. The van der Waals surface area contributed by atoms with Gasteiger partial charge in [0.1, 0.15) is 6.61 Å². The first kappa shape index (κ1) is 23.4. The summed E-state index contributed by atoms with van der Waals surface area (Å²) in [6, 6.07) is 18.1. The Kier molecular flexibility index (Phi) is 7.40. The number of halogens is 1. The number of nitrogens with zero attached hydrogens (tertiary/aromatic N) is 1. The van der Waals surface area contributed by atoms with Crippen LogP contribution in [0.4, 0.5) is 4.79 Å². The number of benzene rings is 3. The highest BCUT2D eigenvalue weighted by molar-refractivity contribution is 9.10. The van der Waals surface area contributed by atoms with Crippen molar-refractivity contribution >= 4 is 55.7 Å². The molecule has 1 aliphatic heterocycles. The van der Waals surface area contributed by atoms with E-state index in [1.807, 2.05) is 44.2 Å². The molecule has 3 aromatic carbocycles. The van der Waals surface area contributed by atoms with Crippen LogP contribution in [0.2, 0.25) is 0 Å². The number of ether oxygens (including phenoxy) is 2. The first-order valence-electron chi connectivity index (χ1n) is 10.8. The van der Waals surface area contributed by atoms with E-state index >= 15 is 0 Å². The van der Waals surface area contributed by atoms with Gasteiger partial charge >= 0.3 is 0 Å². The standard InChI is InChI=1S/C26H24BrNO4S/c1-3-12-28-25(29)23(33-26(28)30)15-17-13-21(27)24(22(14-17)31-4-2)32-16-19-10-7-9-18-8-5-6-11-20(18)19/h5-11,13-15H,3-4,12,16H2,1-2H3/b23-15+. The molecule has 0 radical (unpaired) electrons. The van der Waals surface area contributed by atoms with Gasteiger partial charge < -0.3 is 9.47 Å². The number of imide groups is 1. The first-order valence-corrected chi connectivity index (χ1v) is 12.4. The van der Waals surface area contributed by atoms with Crippen LogP contribution in [0, 0.1) is 0 Å². The van der Waals surface area contributed by atoms with Crippen molar-refractivity contribution in [3.63, 3.8) is 0 Å². The number of carbonyl (C=O) groups is 2. The first-order chi connectivity index (χ1) is 16.0. The maximum Gasteiger partial charge on any atom is 0.293 e. The highest BCUT2D eigenvalue weighted by Gasteiger charge is 2.34. The van der Waals surface area contributed by atoms with Crippen molar-refractivity contribution in [2.45, 2.75) is 26.9 Å². The molecule has 0 bridgehead atoms. The van der Waals surface area contributed by atoms with Crippen molar-refractivity contribution in [3.8, 4) is 11.5 Å². The fraction of sp³-hybridized carbons (Fsp3) is 0.231. The number of hydrogen-bond donors (Lipinski definition) is 0. The summed E-state index contributed by atoms with van der Waals surface area (Å²) in [5.41, 5.74) is 1.83. The molecular weight excluding hydrogens is 502 g/mol. The summed E-state index contributed by atoms with van der Waals surface area (Å²) in [6.45, 7) is 5.13. The second kappa shape index (κ2) is 10.4. The second-order valence-electron chi connectivity index (χ2n) is 7.52. The van der Waals surface area contributed by atoms with Crippen molar-refractivity contribution < 1.29 is 19.1 Å². The van der Waals surface area contributed by atoms with Crippen LogP contribution in [-0.2, 0) is 11.4 Å². The zero-order valence-corrected chi connectivity index (χ0v) is 20.9. The van der Waals surface area contributed by atoms with E-state index < -0.39 is 0 Å². The lowest BCUT2D eigenvalue weighted by atomic mass is 10.1. The Labute approximate surface area is 205 Å². The average Bonchev–Trinajstić information content (AvgIpc) is 3.06. The van der Waals surface area contributed by atoms with Crippen LogP contribution in [0.25, 0.3) is 16.8 Å². The molecule has 4 rings (SSSR count). The topological polar surface area (TPSA) is 55.8 Å². The van der Waals surface area contributed by atoms with Gasteiger partial charge in [0.15, 0.2) is 11.5 Å². The van der Waals surface area contributed by atoms with E-state index in [0.29, 0.717) is 40.6 Å². The SMILES string of the molecule is CCCN1C(=O)S/C(=C/c2cc(Br)c(OCc3cccc4ccccc34)c(OCC)c2)C1=O. The van der Waals surface area contributed by atoms with E-state index in [4.69, 9.17) is 9.47 Å². The summed E-state index contributed by atoms with van der Waals surface area (Å²) in [5.74, 6) is 0.921. The molecule has 5 nitrogen and oxygen atoms in total. The molecule has 0 spiro atoms. The molecule has 7 heteroatoms. The highest BCUT2D eigenvalue weighted by atomic mass is 79.9. The van der Waals surface area contributed by atoms with Crippen LogP contribution < -0.4 is 9.47 Å². The summed E-state index contributed by atoms with van der Waals surface area (Å²) in [6.07, 6.45) is 2.45. The predicted molar refractivity (Wildman–Crippen MR) is 137 cm³/mol. The van der Waals surface area contributed by atoms with E-state index in [1.54, 1.807) is 6.08 Å². The Balaban J connectivity index is 1.61. The minimum absolute atomic E-state index is 0.229. The van der Waals surface area contributed by atoms with Crippen molar-refractivity contribution in [3.05, 3.63) is 75.1 Å². The van der Waals surface area contributed by atoms with E-state index in [0.717, 1.165) is 40.1 Å². The van der Waals surface area contributed by atoms with Gasteiger partial charge in [-0.1, -0.05) is 49.4 Å². The molecule has 0 atom stereocenters. The highest BCUT2D eigenvalue weighted by Crippen LogP contribution is 2.40. The Morgan fingerprint density at radius 1 is 1.03 bits per heavy atom. The third kappa shape index (κ3) is 5.09. The van der Waals surface area contributed by atoms with E-state index in [2.05, 4.69) is 40.2 Å². The number of rotatable bonds is 8. The lowest BCUT2D eigenvalue weighted by Crippen LogP contribution is -2.28. The summed E-state index contributed by atoms with van der Waals surface area (Å²) < 4.78 is 12.8. The van der Waals surface area contributed by atoms with Gasteiger partial charge in [0, 0.05) is 6.54 Å². The molecule has 2 amide bonds. The molecule has 0 aliphatic carbocycles. The minimum Gasteiger partial charge on any atom is -0.490 e. The Hall–Kier alpha value is -2.77. The summed E-state index contributed by atoms with van der Waals surface area (Å²) >= 11 is 4.57. The van der Waals surface area contributed by atoms with Gasteiger partial charge in [0.05, 0.1) is 16.0 Å². The van der Waals surface area contributed by atoms with Crippen LogP contribution >= 0.6 is 27.7 Å². The number of fused-ring (bicyclic) bond motifs is 1. The van der Waals surface area contributed by atoms with Crippen molar-refractivity contribution in [1.82, 2.24) is 4.90 Å². The Bertz CT molecular complexity index is 1230. The zero-order valence-electron chi connectivity index (χ0n) is 18.5. The molecule has 1 aliphatic rings. The molecule has 0 unspecified atom stereocenters. The van der Waals surface area contributed by atoms with E-state index in [9.17, 15) is 9.59 Å². The third-order valence-corrected chi connectivity index (χ3v) is 6.70. The number of amides is 2. The molecule has 1 saturated heterocycles. The van der Waals surface area contributed by atoms with Crippen molar-refractivity contribution in [2.24, 2.45) is 0 Å². The zero-order chi connectivity index (χ0) is 23.4. The Morgan fingerprint density at radius 3 is 2.61 bits per heavy atom. The van der Waals surface area contributed by atoms with Gasteiger partial charge in [0.2, 0.25) is 0 Å². The van der Waals surface area contributed by atoms with Gasteiger partial charge in [-0.05, 0) is 81.1 Å². The van der Waals surface area contributed by atoms with Gasteiger partial charge in [-0.25, -0.2) is 0 Å². The Morgan fingerprint density at radius 2 is 1.82 bits per heavy atom. The lowest BCUT2D eigenvalue weighted by molar-refractivity contribution is -0.122. The van der Waals surface area contributed by atoms with Gasteiger partial charge in [0.25, 0.3) is 11.1 Å². The van der Waals surface area contributed by atoms with E-state index in [1.165, 1.54) is 4.90 Å². The van der Waals surface area contributed by atoms with Crippen LogP contribution in [-0.4, -0.2) is 29.2 Å². The molecule has 0 aromatic heterocycles. The lowest BCUT2D eigenvalue weighted by Gasteiger charge is -2.16. The molecule has 3 aromatic rings. The monoisotopic (exact) mass is 525 g/mol. The summed E-state index contributed by atoms with van der Waals surface area (Å²) in [7, 11) is 0. The van der Waals surface area contributed by atoms with Crippen LogP contribution in [0.5, 0.6) is 11.5 Å². The van der Waals surface area contributed by atoms with Gasteiger partial charge in [-0.3, -0.25) is 14.5 Å². The smallest absolute Gasteiger partial charge is 0.293 e. The fourth-order valence-electron chi connectivity index (χ4n) is 3.71. The van der Waals surface area contributed by atoms with Crippen molar-refractivity contribution in [1.29, 1.82) is 0 Å². The summed E-state index contributed by atoms with van der Waals surface area (Å²) in [4.78, 5) is 26.4. The van der Waals surface area contributed by atoms with Crippen LogP contribution in [0.15, 0.2) is 64.0 Å². The van der Waals surface area contributed by atoms with Crippen LogP contribution in [0.3, 0.4) is 0 Å². The molecule has 0 saturated carbocycles. The fourth-order valence-corrected chi connectivity index (χ4v) is 5.15. The quantitative estimate of drug-likeness (QED) is 0.295. The van der Waals surface area contributed by atoms with Gasteiger partial charge in [-0.2, -0.15) is 0 Å². The molecule has 1 fully saturated rings. The minimum atomic E-state index is -0.253. The number of hydrogen-bond acceptors (Lipinski definition) is 5. The molecule has 170 valence electrons. The average molecular weight is 526 g/mol. The molecule has 0 N–H and O–H groups in total.